The number of nitrogen functional groups attached to an aromatic ring is 1. The van der Waals surface area contributed by atoms with E-state index in [-0.39, 0.29) is 11.3 Å². The summed E-state index contributed by atoms with van der Waals surface area (Å²) in [5.74, 6) is 4.66. The summed E-state index contributed by atoms with van der Waals surface area (Å²) in [6.07, 6.45) is -1.50. The van der Waals surface area contributed by atoms with E-state index < -0.39 is 12.0 Å². The summed E-state index contributed by atoms with van der Waals surface area (Å²) in [6.45, 7) is 0.703. The van der Waals surface area contributed by atoms with Gasteiger partial charge in [-0.25, -0.2) is 4.68 Å². The van der Waals surface area contributed by atoms with Gasteiger partial charge in [-0.1, -0.05) is 11.8 Å². The van der Waals surface area contributed by atoms with E-state index in [1.807, 2.05) is 0 Å². The Morgan fingerprint density at radius 1 is 1.39 bits per heavy atom. The van der Waals surface area contributed by atoms with Crippen LogP contribution in [0, 0.1) is 0 Å². The average Bonchev–Trinajstić information content (AvgIpc) is 2.69. The van der Waals surface area contributed by atoms with Crippen molar-refractivity contribution in [2.75, 3.05) is 18.2 Å². The van der Waals surface area contributed by atoms with E-state index in [2.05, 4.69) is 10.2 Å². The van der Waals surface area contributed by atoms with Crippen molar-refractivity contribution in [1.29, 1.82) is 0 Å². The Bertz CT molecular complexity index is 403. The minimum Gasteiger partial charge on any atom is -0.377 e. The molecule has 2 N–H and O–H groups in total. The molecule has 1 aliphatic rings. The van der Waals surface area contributed by atoms with Gasteiger partial charge in [0.25, 0.3) is 5.82 Å². The van der Waals surface area contributed by atoms with Gasteiger partial charge in [0.15, 0.2) is 0 Å². The maximum absolute atomic E-state index is 12.4. The van der Waals surface area contributed by atoms with Gasteiger partial charge in [-0.3, -0.25) is 0 Å². The second-order valence-electron chi connectivity index (χ2n) is 3.97. The van der Waals surface area contributed by atoms with Gasteiger partial charge in [0.05, 0.1) is 6.10 Å². The predicted molar refractivity (Wildman–Crippen MR) is 59.5 cm³/mol. The lowest BCUT2D eigenvalue weighted by Gasteiger charge is -2.21. The first-order chi connectivity index (χ1) is 8.48. The lowest BCUT2D eigenvalue weighted by atomic mass is 10.1. The lowest BCUT2D eigenvalue weighted by molar-refractivity contribution is -0.146. The normalized spacial score (nSPS) is 21.2. The van der Waals surface area contributed by atoms with Gasteiger partial charge in [-0.05, 0) is 19.3 Å². The van der Waals surface area contributed by atoms with Crippen molar-refractivity contribution in [3.05, 3.63) is 5.82 Å². The fourth-order valence-electron chi connectivity index (χ4n) is 1.68. The van der Waals surface area contributed by atoms with Gasteiger partial charge in [-0.15, -0.1) is 10.2 Å². The average molecular weight is 282 g/mol. The number of aromatic nitrogens is 3. The van der Waals surface area contributed by atoms with Crippen LogP contribution in [-0.4, -0.2) is 33.3 Å². The monoisotopic (exact) mass is 282 g/mol. The lowest BCUT2D eigenvalue weighted by Crippen LogP contribution is -2.23. The minimum absolute atomic E-state index is 0.0507. The molecule has 18 heavy (non-hydrogen) atoms. The molecule has 0 radical (unpaired) electrons. The number of hydrogen-bond donors (Lipinski definition) is 1. The summed E-state index contributed by atoms with van der Waals surface area (Å²) in [6, 6.07) is 0. The molecule has 1 atom stereocenters. The molecule has 0 amide bonds. The van der Waals surface area contributed by atoms with Crippen molar-refractivity contribution in [2.45, 2.75) is 36.7 Å². The molecule has 102 valence electrons. The van der Waals surface area contributed by atoms with Crippen LogP contribution in [0.5, 0.6) is 0 Å². The number of hydrogen-bond acceptors (Lipinski definition) is 5. The highest BCUT2D eigenvalue weighted by Crippen LogP contribution is 2.29. The maximum atomic E-state index is 12.4. The van der Waals surface area contributed by atoms with Crippen molar-refractivity contribution < 1.29 is 17.9 Å². The highest BCUT2D eigenvalue weighted by atomic mass is 32.2. The minimum atomic E-state index is -4.58. The van der Waals surface area contributed by atoms with Gasteiger partial charge in [0.2, 0.25) is 5.16 Å². The fourth-order valence-corrected chi connectivity index (χ4v) is 2.60. The zero-order chi connectivity index (χ0) is 13.2. The zero-order valence-electron chi connectivity index (χ0n) is 9.48. The molecular formula is C9H13F3N4OS. The number of halogens is 3. The molecule has 0 spiro atoms. The Hall–Kier alpha value is -0.960. The number of ether oxygens (including phenoxy) is 1. The zero-order valence-corrected chi connectivity index (χ0v) is 10.3. The molecule has 0 bridgehead atoms. The number of alkyl halides is 3. The summed E-state index contributed by atoms with van der Waals surface area (Å²) in [5.41, 5.74) is 0. The van der Waals surface area contributed by atoms with Crippen molar-refractivity contribution in [1.82, 2.24) is 14.9 Å². The predicted octanol–water partition coefficient (Wildman–Crippen LogP) is 1.67. The Labute approximate surface area is 106 Å². The van der Waals surface area contributed by atoms with Crippen LogP contribution < -0.4 is 5.84 Å². The third-order valence-electron chi connectivity index (χ3n) is 2.59. The molecule has 1 aromatic heterocycles. The molecule has 9 heteroatoms. The summed E-state index contributed by atoms with van der Waals surface area (Å²) in [4.78, 5) is 0. The summed E-state index contributed by atoms with van der Waals surface area (Å²) < 4.78 is 43.2. The third-order valence-corrected chi connectivity index (χ3v) is 3.67. The van der Waals surface area contributed by atoms with E-state index in [9.17, 15) is 13.2 Å². The number of rotatable bonds is 3. The standard InChI is InChI=1S/C9H13F3N4OS/c10-9(11,12)7-14-15-8(16(7)13)18-5-6-3-1-2-4-17-6/h6H,1-5,13H2/t6-/m0/s1. The highest BCUT2D eigenvalue weighted by Gasteiger charge is 2.38. The Morgan fingerprint density at radius 2 is 2.17 bits per heavy atom. The first-order valence-electron chi connectivity index (χ1n) is 5.50. The van der Waals surface area contributed by atoms with Crippen LogP contribution in [0.3, 0.4) is 0 Å². The number of thioether (sulfide) groups is 1. The van der Waals surface area contributed by atoms with Gasteiger partial charge in [-0.2, -0.15) is 13.2 Å². The van der Waals surface area contributed by atoms with E-state index in [0.29, 0.717) is 17.0 Å². The Balaban J connectivity index is 1.95. The molecule has 1 fully saturated rings. The smallest absolute Gasteiger partial charge is 0.377 e. The molecule has 0 aromatic carbocycles. The van der Waals surface area contributed by atoms with E-state index in [1.165, 1.54) is 0 Å². The van der Waals surface area contributed by atoms with Crippen molar-refractivity contribution in [3.8, 4) is 0 Å². The molecule has 1 saturated heterocycles. The van der Waals surface area contributed by atoms with E-state index >= 15 is 0 Å². The Kier molecular flexibility index (Phi) is 4.00. The van der Waals surface area contributed by atoms with Gasteiger partial charge in [0.1, 0.15) is 0 Å². The first kappa shape index (κ1) is 13.5. The maximum Gasteiger partial charge on any atom is 0.453 e. The second-order valence-corrected chi connectivity index (χ2v) is 4.96. The Morgan fingerprint density at radius 3 is 2.72 bits per heavy atom. The quantitative estimate of drug-likeness (QED) is 0.675. The largest absolute Gasteiger partial charge is 0.453 e. The van der Waals surface area contributed by atoms with Crippen LogP contribution in [0.1, 0.15) is 25.1 Å². The molecule has 1 aromatic rings. The molecule has 1 aliphatic heterocycles. The molecular weight excluding hydrogens is 269 g/mol. The molecule has 2 heterocycles. The summed E-state index contributed by atoms with van der Waals surface area (Å²) in [5, 5.41) is 6.55. The third kappa shape index (κ3) is 3.08. The topological polar surface area (TPSA) is 66.0 Å². The number of nitrogens with zero attached hydrogens (tertiary/aromatic N) is 3. The molecule has 5 nitrogen and oxygen atoms in total. The van der Waals surface area contributed by atoms with Crippen LogP contribution in [0.25, 0.3) is 0 Å². The number of nitrogens with two attached hydrogens (primary N) is 1. The van der Waals surface area contributed by atoms with Gasteiger partial charge < -0.3 is 10.6 Å². The van der Waals surface area contributed by atoms with E-state index in [0.717, 1.165) is 31.0 Å². The fraction of sp³-hybridized carbons (Fsp3) is 0.778. The molecule has 2 rings (SSSR count). The van der Waals surface area contributed by atoms with Crippen molar-refractivity contribution >= 4 is 11.8 Å². The van der Waals surface area contributed by atoms with Crippen LogP contribution in [0.15, 0.2) is 5.16 Å². The van der Waals surface area contributed by atoms with E-state index in [4.69, 9.17) is 10.6 Å². The van der Waals surface area contributed by atoms with Crippen molar-refractivity contribution in [3.63, 3.8) is 0 Å². The van der Waals surface area contributed by atoms with Crippen LogP contribution in [0.2, 0.25) is 0 Å². The van der Waals surface area contributed by atoms with Gasteiger partial charge in [0, 0.05) is 12.4 Å². The van der Waals surface area contributed by atoms with Crippen LogP contribution in [-0.2, 0) is 10.9 Å². The first-order valence-corrected chi connectivity index (χ1v) is 6.49. The summed E-state index contributed by atoms with van der Waals surface area (Å²) >= 11 is 1.13. The van der Waals surface area contributed by atoms with Crippen LogP contribution in [0.4, 0.5) is 13.2 Å². The molecule has 0 aliphatic carbocycles. The van der Waals surface area contributed by atoms with Gasteiger partial charge >= 0.3 is 6.18 Å². The second kappa shape index (κ2) is 5.35. The van der Waals surface area contributed by atoms with Crippen molar-refractivity contribution in [2.24, 2.45) is 0 Å². The highest BCUT2D eigenvalue weighted by molar-refractivity contribution is 7.99. The molecule has 0 unspecified atom stereocenters. The SMILES string of the molecule is Nn1c(SC[C@@H]2CCCCO2)nnc1C(F)(F)F. The van der Waals surface area contributed by atoms with Crippen LogP contribution >= 0.6 is 11.8 Å². The summed E-state index contributed by atoms with van der Waals surface area (Å²) in [7, 11) is 0. The van der Waals surface area contributed by atoms with E-state index in [1.54, 1.807) is 0 Å². The molecule has 0 saturated carbocycles.